The predicted octanol–water partition coefficient (Wildman–Crippen LogP) is 2.09. The van der Waals surface area contributed by atoms with Gasteiger partial charge in [0.2, 0.25) is 0 Å². The lowest BCUT2D eigenvalue weighted by Crippen LogP contribution is -2.22. The smallest absolute Gasteiger partial charge is 0.0802 e. The van der Waals surface area contributed by atoms with Crippen molar-refractivity contribution in [2.24, 2.45) is 5.73 Å². The van der Waals surface area contributed by atoms with Gasteiger partial charge in [-0.05, 0) is 36.9 Å². The van der Waals surface area contributed by atoms with Crippen molar-refractivity contribution in [3.8, 4) is 0 Å². The fourth-order valence-electron chi connectivity index (χ4n) is 2.82. The van der Waals surface area contributed by atoms with Crippen LogP contribution in [0.5, 0.6) is 0 Å². The van der Waals surface area contributed by atoms with Crippen LogP contribution >= 0.6 is 0 Å². The van der Waals surface area contributed by atoms with Crippen LogP contribution in [0.15, 0.2) is 24.3 Å². The molecule has 2 rings (SSSR count). The Balaban J connectivity index is 2.15. The first-order chi connectivity index (χ1) is 8.72. The average molecular weight is 249 g/mol. The maximum absolute atomic E-state index is 10.1. The summed E-state index contributed by atoms with van der Waals surface area (Å²) in [5.74, 6) is 0.226. The van der Waals surface area contributed by atoms with Crippen LogP contribution in [0.25, 0.3) is 0 Å². The van der Waals surface area contributed by atoms with E-state index in [0.717, 1.165) is 30.4 Å². The van der Waals surface area contributed by atoms with Gasteiger partial charge in [-0.25, -0.2) is 0 Å². The Morgan fingerprint density at radius 3 is 2.78 bits per heavy atom. The van der Waals surface area contributed by atoms with Crippen molar-refractivity contribution in [3.63, 3.8) is 0 Å². The summed E-state index contributed by atoms with van der Waals surface area (Å²) in [5, 5.41) is 20.0. The van der Waals surface area contributed by atoms with Gasteiger partial charge < -0.3 is 15.9 Å². The Bertz CT molecular complexity index is 381. The van der Waals surface area contributed by atoms with Gasteiger partial charge in [0, 0.05) is 5.92 Å². The van der Waals surface area contributed by atoms with Gasteiger partial charge in [-0.3, -0.25) is 0 Å². The Kier molecular flexibility index (Phi) is 4.75. The molecule has 1 aromatic rings. The molecule has 0 spiro atoms. The molecular weight excluding hydrogens is 226 g/mol. The molecule has 1 aliphatic rings. The Hall–Kier alpha value is -0.900. The topological polar surface area (TPSA) is 66.5 Å². The maximum Gasteiger partial charge on any atom is 0.0802 e. The van der Waals surface area contributed by atoms with E-state index in [-0.39, 0.29) is 12.0 Å². The first kappa shape index (κ1) is 13.5. The lowest BCUT2D eigenvalue weighted by molar-refractivity contribution is 0.106. The molecule has 0 bridgehead atoms. The van der Waals surface area contributed by atoms with Gasteiger partial charge in [-0.1, -0.05) is 37.1 Å². The zero-order valence-electron chi connectivity index (χ0n) is 10.8. The van der Waals surface area contributed by atoms with Crippen LogP contribution < -0.4 is 5.73 Å². The minimum Gasteiger partial charge on any atom is -0.392 e. The third-order valence-corrected chi connectivity index (χ3v) is 3.89. The molecule has 0 saturated heterocycles. The highest BCUT2D eigenvalue weighted by Crippen LogP contribution is 2.34. The summed E-state index contributed by atoms with van der Waals surface area (Å²) in [7, 11) is 0. The van der Waals surface area contributed by atoms with Crippen LogP contribution in [0.3, 0.4) is 0 Å². The largest absolute Gasteiger partial charge is 0.392 e. The van der Waals surface area contributed by atoms with E-state index in [1.807, 2.05) is 18.2 Å². The molecule has 1 fully saturated rings. The third-order valence-electron chi connectivity index (χ3n) is 3.89. The van der Waals surface area contributed by atoms with E-state index >= 15 is 0 Å². The molecule has 18 heavy (non-hydrogen) atoms. The zero-order valence-corrected chi connectivity index (χ0v) is 10.8. The SMILES string of the molecule is NCCC(O)c1cccc(C2CCCCC2O)c1. The van der Waals surface area contributed by atoms with E-state index < -0.39 is 6.10 Å². The summed E-state index contributed by atoms with van der Waals surface area (Å²) < 4.78 is 0. The molecule has 4 N–H and O–H groups in total. The van der Waals surface area contributed by atoms with Crippen LogP contribution in [0.1, 0.15) is 55.3 Å². The minimum atomic E-state index is -0.490. The number of benzene rings is 1. The lowest BCUT2D eigenvalue weighted by Gasteiger charge is -2.28. The summed E-state index contributed by atoms with van der Waals surface area (Å²) in [4.78, 5) is 0. The number of hydrogen-bond donors (Lipinski definition) is 3. The van der Waals surface area contributed by atoms with Crippen molar-refractivity contribution >= 4 is 0 Å². The molecule has 3 heteroatoms. The summed E-state index contributed by atoms with van der Waals surface area (Å²) in [5.41, 5.74) is 7.53. The van der Waals surface area contributed by atoms with Crippen LogP contribution in [0.2, 0.25) is 0 Å². The Morgan fingerprint density at radius 2 is 2.06 bits per heavy atom. The van der Waals surface area contributed by atoms with E-state index in [1.54, 1.807) is 0 Å². The van der Waals surface area contributed by atoms with Gasteiger partial charge in [-0.15, -0.1) is 0 Å². The summed E-state index contributed by atoms with van der Waals surface area (Å²) in [6.07, 6.45) is 4.08. The second-order valence-corrected chi connectivity index (χ2v) is 5.22. The second-order valence-electron chi connectivity index (χ2n) is 5.22. The molecule has 0 radical (unpaired) electrons. The molecule has 0 aromatic heterocycles. The quantitative estimate of drug-likeness (QED) is 0.765. The monoisotopic (exact) mass is 249 g/mol. The summed E-state index contributed by atoms with van der Waals surface area (Å²) >= 11 is 0. The fraction of sp³-hybridized carbons (Fsp3) is 0.600. The van der Waals surface area contributed by atoms with Crippen molar-refractivity contribution in [2.75, 3.05) is 6.54 Å². The molecule has 0 heterocycles. The molecule has 100 valence electrons. The van der Waals surface area contributed by atoms with E-state index in [0.29, 0.717) is 13.0 Å². The summed E-state index contributed by atoms with van der Waals surface area (Å²) in [6, 6.07) is 7.97. The normalized spacial score (nSPS) is 25.9. The molecule has 3 unspecified atom stereocenters. The summed E-state index contributed by atoms with van der Waals surface area (Å²) in [6.45, 7) is 0.484. The Labute approximate surface area is 109 Å². The minimum absolute atomic E-state index is 0.226. The van der Waals surface area contributed by atoms with Crippen LogP contribution in [-0.4, -0.2) is 22.9 Å². The highest BCUT2D eigenvalue weighted by molar-refractivity contribution is 5.29. The second kappa shape index (κ2) is 6.32. The van der Waals surface area contributed by atoms with E-state index in [1.165, 1.54) is 6.42 Å². The van der Waals surface area contributed by atoms with Crippen LogP contribution in [0, 0.1) is 0 Å². The molecular formula is C15H23NO2. The van der Waals surface area contributed by atoms with Gasteiger partial charge >= 0.3 is 0 Å². The van der Waals surface area contributed by atoms with Crippen molar-refractivity contribution in [2.45, 2.75) is 50.2 Å². The van der Waals surface area contributed by atoms with Crippen molar-refractivity contribution in [1.82, 2.24) is 0 Å². The highest BCUT2D eigenvalue weighted by Gasteiger charge is 2.24. The predicted molar refractivity (Wildman–Crippen MR) is 72.3 cm³/mol. The van der Waals surface area contributed by atoms with Gasteiger partial charge in [0.05, 0.1) is 12.2 Å². The fourth-order valence-corrected chi connectivity index (χ4v) is 2.82. The third kappa shape index (κ3) is 3.10. The average Bonchev–Trinajstić information content (AvgIpc) is 2.40. The zero-order chi connectivity index (χ0) is 13.0. The van der Waals surface area contributed by atoms with Gasteiger partial charge in [0.15, 0.2) is 0 Å². The van der Waals surface area contributed by atoms with E-state index in [2.05, 4.69) is 6.07 Å². The van der Waals surface area contributed by atoms with Gasteiger partial charge in [0.25, 0.3) is 0 Å². The van der Waals surface area contributed by atoms with Crippen molar-refractivity contribution in [3.05, 3.63) is 35.4 Å². The molecule has 1 aliphatic carbocycles. The highest BCUT2D eigenvalue weighted by atomic mass is 16.3. The lowest BCUT2D eigenvalue weighted by atomic mass is 9.81. The number of rotatable bonds is 4. The molecule has 0 amide bonds. The Morgan fingerprint density at radius 1 is 1.28 bits per heavy atom. The first-order valence-electron chi connectivity index (χ1n) is 6.88. The number of aliphatic hydroxyl groups is 2. The maximum atomic E-state index is 10.1. The van der Waals surface area contributed by atoms with Gasteiger partial charge in [-0.2, -0.15) is 0 Å². The number of nitrogens with two attached hydrogens (primary N) is 1. The number of aliphatic hydroxyl groups excluding tert-OH is 2. The number of hydrogen-bond acceptors (Lipinski definition) is 3. The molecule has 3 nitrogen and oxygen atoms in total. The van der Waals surface area contributed by atoms with Crippen molar-refractivity contribution < 1.29 is 10.2 Å². The first-order valence-corrected chi connectivity index (χ1v) is 6.88. The molecule has 0 aliphatic heterocycles. The molecule has 3 atom stereocenters. The van der Waals surface area contributed by atoms with Gasteiger partial charge in [0.1, 0.15) is 0 Å². The van der Waals surface area contributed by atoms with E-state index in [9.17, 15) is 10.2 Å². The van der Waals surface area contributed by atoms with Crippen LogP contribution in [-0.2, 0) is 0 Å². The van der Waals surface area contributed by atoms with E-state index in [4.69, 9.17) is 5.73 Å². The van der Waals surface area contributed by atoms with Crippen LogP contribution in [0.4, 0.5) is 0 Å². The standard InChI is InChI=1S/C15H23NO2/c16-9-8-14(17)12-5-3-4-11(10-12)13-6-1-2-7-15(13)18/h3-5,10,13-15,17-18H,1-2,6-9,16H2. The van der Waals surface area contributed by atoms with Crippen molar-refractivity contribution in [1.29, 1.82) is 0 Å². The molecule has 1 saturated carbocycles. The molecule has 1 aromatic carbocycles.